The first-order valence-electron chi connectivity index (χ1n) is 8.08. The van der Waals surface area contributed by atoms with Gasteiger partial charge in [0.05, 0.1) is 11.3 Å². The summed E-state index contributed by atoms with van der Waals surface area (Å²) in [6.07, 6.45) is 5.76. The number of hydrogen-bond donors (Lipinski definition) is 1. The second kappa shape index (κ2) is 5.44. The van der Waals surface area contributed by atoms with Gasteiger partial charge in [0.25, 0.3) is 5.91 Å². The van der Waals surface area contributed by atoms with Crippen molar-refractivity contribution in [2.24, 2.45) is 13.0 Å². The molecule has 1 saturated carbocycles. The van der Waals surface area contributed by atoms with Gasteiger partial charge in [0, 0.05) is 26.1 Å². The molecular weight excluding hydrogens is 266 g/mol. The van der Waals surface area contributed by atoms with Crippen LogP contribution in [0.2, 0.25) is 0 Å². The topological polar surface area (TPSA) is 58.4 Å². The summed E-state index contributed by atoms with van der Waals surface area (Å²) in [5.41, 5.74) is 1.08. The molecule has 0 radical (unpaired) electrons. The fourth-order valence-corrected chi connectivity index (χ4v) is 3.82. The fourth-order valence-electron chi connectivity index (χ4n) is 3.82. The highest BCUT2D eigenvalue weighted by Gasteiger charge is 2.44. The van der Waals surface area contributed by atoms with Crippen LogP contribution in [0.15, 0.2) is 6.07 Å². The Hall–Kier alpha value is -1.36. The van der Waals surface area contributed by atoms with Gasteiger partial charge >= 0.3 is 0 Å². The molecule has 2 atom stereocenters. The van der Waals surface area contributed by atoms with Crippen LogP contribution >= 0.6 is 0 Å². The Labute approximate surface area is 125 Å². The molecule has 3 rings (SSSR count). The summed E-state index contributed by atoms with van der Waals surface area (Å²) in [6, 6.07) is 1.89. The van der Waals surface area contributed by atoms with E-state index in [1.54, 1.807) is 4.68 Å². The van der Waals surface area contributed by atoms with E-state index < -0.39 is 5.60 Å². The lowest BCUT2D eigenvalue weighted by atomic mass is 9.71. The van der Waals surface area contributed by atoms with Gasteiger partial charge in [0.1, 0.15) is 5.69 Å². The molecule has 1 amide bonds. The Morgan fingerprint density at radius 2 is 2.29 bits per heavy atom. The maximum Gasteiger partial charge on any atom is 0.272 e. The van der Waals surface area contributed by atoms with Crippen molar-refractivity contribution in [3.8, 4) is 0 Å². The Bertz CT molecular complexity index is 540. The summed E-state index contributed by atoms with van der Waals surface area (Å²) in [6.45, 7) is 3.38. The third-order valence-electron chi connectivity index (χ3n) is 5.23. The maximum absolute atomic E-state index is 12.7. The van der Waals surface area contributed by atoms with Crippen molar-refractivity contribution in [2.45, 2.75) is 51.0 Å². The molecule has 1 N–H and O–H groups in total. The molecule has 1 aliphatic heterocycles. The van der Waals surface area contributed by atoms with Crippen molar-refractivity contribution in [2.75, 3.05) is 13.1 Å². The average molecular weight is 291 g/mol. The van der Waals surface area contributed by atoms with E-state index in [1.165, 1.54) is 6.42 Å². The fraction of sp³-hybridized carbons (Fsp3) is 0.750. The van der Waals surface area contributed by atoms with Crippen molar-refractivity contribution < 1.29 is 9.90 Å². The van der Waals surface area contributed by atoms with Gasteiger partial charge in [-0.1, -0.05) is 19.8 Å². The lowest BCUT2D eigenvalue weighted by Gasteiger charge is -2.47. The molecule has 2 unspecified atom stereocenters. The summed E-state index contributed by atoms with van der Waals surface area (Å²) in [7, 11) is 1.83. The summed E-state index contributed by atoms with van der Waals surface area (Å²) in [5.74, 6) is 0.292. The standard InChI is InChI=1S/C16H25N3O2/c1-3-13-10-14(18(2)17-13)15(20)19-9-8-16(21)7-5-4-6-12(16)11-19/h10,12,21H,3-9,11H2,1-2H3. The number of aliphatic hydroxyl groups is 1. The lowest BCUT2D eigenvalue weighted by Crippen LogP contribution is -2.54. The lowest BCUT2D eigenvalue weighted by molar-refractivity contribution is -0.0887. The normalized spacial score (nSPS) is 29.3. The number of piperidine rings is 1. The van der Waals surface area contributed by atoms with E-state index in [1.807, 2.05) is 24.9 Å². The zero-order valence-corrected chi connectivity index (χ0v) is 13.0. The van der Waals surface area contributed by atoms with Crippen LogP contribution in [0.25, 0.3) is 0 Å². The van der Waals surface area contributed by atoms with Gasteiger partial charge in [-0.3, -0.25) is 9.48 Å². The predicted molar refractivity (Wildman–Crippen MR) is 80.0 cm³/mol. The summed E-state index contributed by atoms with van der Waals surface area (Å²) < 4.78 is 1.68. The Balaban J connectivity index is 1.75. The van der Waals surface area contributed by atoms with Crippen molar-refractivity contribution in [3.63, 3.8) is 0 Å². The number of carbonyl (C=O) groups excluding carboxylic acids is 1. The highest BCUT2D eigenvalue weighted by molar-refractivity contribution is 5.92. The number of aryl methyl sites for hydroxylation is 2. The minimum Gasteiger partial charge on any atom is -0.389 e. The summed E-state index contributed by atoms with van der Waals surface area (Å²) in [4.78, 5) is 14.6. The number of amides is 1. The van der Waals surface area contributed by atoms with Gasteiger partial charge in [-0.15, -0.1) is 0 Å². The Morgan fingerprint density at radius 3 is 3.00 bits per heavy atom. The van der Waals surface area contributed by atoms with E-state index in [2.05, 4.69) is 5.10 Å². The maximum atomic E-state index is 12.7. The minimum absolute atomic E-state index is 0.0531. The molecule has 0 spiro atoms. The number of fused-ring (bicyclic) bond motifs is 1. The monoisotopic (exact) mass is 291 g/mol. The highest BCUT2D eigenvalue weighted by atomic mass is 16.3. The number of carbonyl (C=O) groups is 1. The molecule has 0 bridgehead atoms. The quantitative estimate of drug-likeness (QED) is 0.903. The Kier molecular flexibility index (Phi) is 3.78. The molecule has 1 aromatic heterocycles. The van der Waals surface area contributed by atoms with E-state index >= 15 is 0 Å². The van der Waals surface area contributed by atoms with Gasteiger partial charge in [0.2, 0.25) is 0 Å². The van der Waals surface area contributed by atoms with E-state index in [4.69, 9.17) is 0 Å². The summed E-state index contributed by atoms with van der Waals surface area (Å²) >= 11 is 0. The van der Waals surface area contributed by atoms with Crippen LogP contribution in [0.3, 0.4) is 0 Å². The SMILES string of the molecule is CCc1cc(C(=O)N2CCC3(O)CCCCC3C2)n(C)n1. The van der Waals surface area contributed by atoms with E-state index in [-0.39, 0.29) is 11.8 Å². The van der Waals surface area contributed by atoms with Gasteiger partial charge in [-0.25, -0.2) is 0 Å². The second-order valence-electron chi connectivity index (χ2n) is 6.55. The van der Waals surface area contributed by atoms with Crippen LogP contribution in [0.5, 0.6) is 0 Å². The van der Waals surface area contributed by atoms with Gasteiger partial charge in [0.15, 0.2) is 0 Å². The molecule has 0 aromatic carbocycles. The first-order valence-corrected chi connectivity index (χ1v) is 8.08. The zero-order chi connectivity index (χ0) is 15.0. The van der Waals surface area contributed by atoms with Crippen molar-refractivity contribution in [3.05, 3.63) is 17.5 Å². The molecule has 2 fully saturated rings. The number of aromatic nitrogens is 2. The van der Waals surface area contributed by atoms with Crippen LogP contribution in [0.4, 0.5) is 0 Å². The molecule has 2 heterocycles. The second-order valence-corrected chi connectivity index (χ2v) is 6.55. The van der Waals surface area contributed by atoms with Gasteiger partial charge in [-0.05, 0) is 31.7 Å². The third-order valence-corrected chi connectivity index (χ3v) is 5.23. The zero-order valence-electron chi connectivity index (χ0n) is 13.0. The third kappa shape index (κ3) is 2.59. The van der Waals surface area contributed by atoms with E-state index in [0.717, 1.165) is 31.4 Å². The number of hydrogen-bond acceptors (Lipinski definition) is 3. The van der Waals surface area contributed by atoms with Crippen LogP contribution in [-0.4, -0.2) is 44.4 Å². The van der Waals surface area contributed by atoms with Crippen LogP contribution < -0.4 is 0 Å². The molecule has 116 valence electrons. The molecule has 2 aliphatic rings. The molecular formula is C16H25N3O2. The number of likely N-dealkylation sites (tertiary alicyclic amines) is 1. The average Bonchev–Trinajstić information content (AvgIpc) is 2.86. The smallest absolute Gasteiger partial charge is 0.272 e. The van der Waals surface area contributed by atoms with Crippen molar-refractivity contribution >= 4 is 5.91 Å². The molecule has 21 heavy (non-hydrogen) atoms. The van der Waals surface area contributed by atoms with Crippen LogP contribution in [0, 0.1) is 5.92 Å². The van der Waals surface area contributed by atoms with E-state index in [0.29, 0.717) is 25.2 Å². The van der Waals surface area contributed by atoms with Gasteiger partial charge in [-0.2, -0.15) is 5.10 Å². The number of nitrogens with zero attached hydrogens (tertiary/aromatic N) is 3. The molecule has 1 aliphatic carbocycles. The first-order chi connectivity index (χ1) is 10.0. The molecule has 5 heteroatoms. The molecule has 1 aromatic rings. The molecule has 5 nitrogen and oxygen atoms in total. The first kappa shape index (κ1) is 14.6. The predicted octanol–water partition coefficient (Wildman–Crippen LogP) is 1.75. The Morgan fingerprint density at radius 1 is 1.48 bits per heavy atom. The highest BCUT2D eigenvalue weighted by Crippen LogP contribution is 2.40. The van der Waals surface area contributed by atoms with Crippen molar-refractivity contribution in [1.82, 2.24) is 14.7 Å². The van der Waals surface area contributed by atoms with Crippen LogP contribution in [0.1, 0.15) is 55.2 Å². The van der Waals surface area contributed by atoms with Gasteiger partial charge < -0.3 is 10.0 Å². The van der Waals surface area contributed by atoms with Crippen LogP contribution in [-0.2, 0) is 13.5 Å². The largest absolute Gasteiger partial charge is 0.389 e. The number of rotatable bonds is 2. The summed E-state index contributed by atoms with van der Waals surface area (Å²) in [5, 5.41) is 15.1. The van der Waals surface area contributed by atoms with Crippen molar-refractivity contribution in [1.29, 1.82) is 0 Å². The minimum atomic E-state index is -0.532. The molecule has 1 saturated heterocycles. The van der Waals surface area contributed by atoms with E-state index in [9.17, 15) is 9.90 Å².